The minimum atomic E-state index is -4.37. The number of halogens is 3. The van der Waals surface area contributed by atoms with E-state index in [0.29, 0.717) is 12.1 Å². The first-order chi connectivity index (χ1) is 8.88. The van der Waals surface area contributed by atoms with Gasteiger partial charge >= 0.3 is 6.18 Å². The van der Waals surface area contributed by atoms with Gasteiger partial charge in [0, 0.05) is 12.3 Å². The number of carbonyl (C=O) groups is 1. The van der Waals surface area contributed by atoms with Crippen LogP contribution in [0.5, 0.6) is 0 Å². The molecule has 6 heteroatoms. The second-order valence-corrected chi connectivity index (χ2v) is 5.86. The maximum atomic E-state index is 12.6. The molecular formula is C13H14F3NOS. The topological polar surface area (TPSA) is 20.3 Å². The lowest BCUT2D eigenvalue weighted by Crippen LogP contribution is -2.34. The normalized spacial score (nSPS) is 19.8. The fraction of sp³-hybridized carbons (Fsp3) is 0.462. The highest BCUT2D eigenvalue weighted by Crippen LogP contribution is 2.30. The fourth-order valence-electron chi connectivity index (χ4n) is 2.05. The highest BCUT2D eigenvalue weighted by atomic mass is 32.2. The summed E-state index contributed by atoms with van der Waals surface area (Å²) in [5, 5.41) is 0.110. The molecule has 1 atom stereocenters. The van der Waals surface area contributed by atoms with Crippen LogP contribution in [0, 0.1) is 0 Å². The number of benzene rings is 1. The van der Waals surface area contributed by atoms with Gasteiger partial charge in [-0.25, -0.2) is 0 Å². The predicted molar refractivity (Wildman–Crippen MR) is 68.8 cm³/mol. The van der Waals surface area contributed by atoms with Crippen molar-refractivity contribution in [1.29, 1.82) is 0 Å². The molecule has 1 aromatic carbocycles. The summed E-state index contributed by atoms with van der Waals surface area (Å²) in [4.78, 5) is 13.7. The number of thioether (sulfide) groups is 1. The molecule has 1 unspecified atom stereocenters. The molecule has 0 spiro atoms. The first-order valence-corrected chi connectivity index (χ1v) is 7.00. The van der Waals surface area contributed by atoms with E-state index in [2.05, 4.69) is 0 Å². The molecule has 1 saturated heterocycles. The summed E-state index contributed by atoms with van der Waals surface area (Å²) in [6.07, 6.45) is -4.34. The third-order valence-electron chi connectivity index (χ3n) is 3.06. The van der Waals surface area contributed by atoms with Crippen molar-refractivity contribution >= 4 is 17.7 Å². The van der Waals surface area contributed by atoms with Crippen LogP contribution in [-0.2, 0) is 17.4 Å². The molecule has 0 aromatic heterocycles. The Balaban J connectivity index is 2.09. The highest BCUT2D eigenvalue weighted by molar-refractivity contribution is 8.00. The fourth-order valence-corrected chi connectivity index (χ4v) is 3.10. The Labute approximate surface area is 114 Å². The Morgan fingerprint density at radius 1 is 1.47 bits per heavy atom. The molecule has 1 amide bonds. The second kappa shape index (κ2) is 5.45. The number of carbonyl (C=O) groups excluding carboxylic acids is 1. The van der Waals surface area contributed by atoms with Crippen molar-refractivity contribution in [3.8, 4) is 0 Å². The van der Waals surface area contributed by atoms with Gasteiger partial charge in [-0.2, -0.15) is 13.2 Å². The lowest BCUT2D eigenvalue weighted by atomic mass is 10.1. The van der Waals surface area contributed by atoms with Gasteiger partial charge in [0.2, 0.25) is 5.91 Å². The summed E-state index contributed by atoms with van der Waals surface area (Å²) in [6, 6.07) is 4.96. The first kappa shape index (κ1) is 14.2. The molecule has 0 N–H and O–H groups in total. The minimum absolute atomic E-state index is 0.0226. The summed E-state index contributed by atoms with van der Waals surface area (Å²) < 4.78 is 37.7. The van der Waals surface area contributed by atoms with Crippen molar-refractivity contribution in [2.45, 2.75) is 24.9 Å². The largest absolute Gasteiger partial charge is 0.416 e. The minimum Gasteiger partial charge on any atom is -0.330 e. The monoisotopic (exact) mass is 289 g/mol. The quantitative estimate of drug-likeness (QED) is 0.833. The van der Waals surface area contributed by atoms with E-state index in [0.717, 1.165) is 17.9 Å². The molecule has 2 rings (SSSR count). The van der Waals surface area contributed by atoms with Crippen molar-refractivity contribution in [2.24, 2.45) is 0 Å². The third kappa shape index (κ3) is 3.43. The Morgan fingerprint density at radius 2 is 2.21 bits per heavy atom. The maximum absolute atomic E-state index is 12.6. The van der Waals surface area contributed by atoms with Crippen LogP contribution in [-0.4, -0.2) is 28.5 Å². The van der Waals surface area contributed by atoms with E-state index in [-0.39, 0.29) is 17.7 Å². The maximum Gasteiger partial charge on any atom is 0.416 e. The number of hydrogen-bond donors (Lipinski definition) is 0. The Hall–Kier alpha value is -1.17. The Morgan fingerprint density at radius 3 is 2.79 bits per heavy atom. The van der Waals surface area contributed by atoms with Crippen molar-refractivity contribution in [3.05, 3.63) is 35.4 Å². The lowest BCUT2D eigenvalue weighted by Gasteiger charge is -2.20. The van der Waals surface area contributed by atoms with Gasteiger partial charge in [-0.15, -0.1) is 11.8 Å². The van der Waals surface area contributed by atoms with E-state index >= 15 is 0 Å². The van der Waals surface area contributed by atoms with E-state index in [4.69, 9.17) is 0 Å². The summed E-state index contributed by atoms with van der Waals surface area (Å²) in [5.41, 5.74) is -0.300. The SMILES string of the molecule is CC1SCCN1C(=O)Cc1cccc(C(F)(F)F)c1. The van der Waals surface area contributed by atoms with Crippen LogP contribution in [0.4, 0.5) is 13.2 Å². The van der Waals surface area contributed by atoms with Crippen molar-refractivity contribution < 1.29 is 18.0 Å². The average molecular weight is 289 g/mol. The summed E-state index contributed by atoms with van der Waals surface area (Å²) in [6.45, 7) is 2.60. The molecule has 0 saturated carbocycles. The zero-order valence-electron chi connectivity index (χ0n) is 10.4. The van der Waals surface area contributed by atoms with E-state index in [9.17, 15) is 18.0 Å². The van der Waals surface area contributed by atoms with Gasteiger partial charge in [-0.05, 0) is 18.6 Å². The zero-order valence-corrected chi connectivity index (χ0v) is 11.2. The molecule has 1 aliphatic heterocycles. The number of rotatable bonds is 2. The first-order valence-electron chi connectivity index (χ1n) is 5.95. The van der Waals surface area contributed by atoms with Crippen molar-refractivity contribution in [2.75, 3.05) is 12.3 Å². The van der Waals surface area contributed by atoms with E-state index in [1.54, 1.807) is 22.7 Å². The number of hydrogen-bond acceptors (Lipinski definition) is 2. The van der Waals surface area contributed by atoms with Gasteiger partial charge in [0.05, 0.1) is 17.4 Å². The van der Waals surface area contributed by atoms with Crippen molar-refractivity contribution in [1.82, 2.24) is 4.90 Å². The molecule has 1 heterocycles. The molecule has 0 aliphatic carbocycles. The highest BCUT2D eigenvalue weighted by Gasteiger charge is 2.31. The summed E-state index contributed by atoms with van der Waals surface area (Å²) >= 11 is 1.68. The molecule has 1 fully saturated rings. The smallest absolute Gasteiger partial charge is 0.330 e. The van der Waals surface area contributed by atoms with Gasteiger partial charge < -0.3 is 4.90 Å². The van der Waals surface area contributed by atoms with E-state index < -0.39 is 11.7 Å². The Bertz CT molecular complexity index is 475. The van der Waals surface area contributed by atoms with Crippen LogP contribution in [0.3, 0.4) is 0 Å². The van der Waals surface area contributed by atoms with Gasteiger partial charge in [0.15, 0.2) is 0 Å². The van der Waals surface area contributed by atoms with Crippen LogP contribution in [0.1, 0.15) is 18.1 Å². The Kier molecular flexibility index (Phi) is 4.08. The van der Waals surface area contributed by atoms with E-state index in [1.807, 2.05) is 6.92 Å². The van der Waals surface area contributed by atoms with E-state index in [1.165, 1.54) is 6.07 Å². The van der Waals surface area contributed by atoms with Gasteiger partial charge in [-0.1, -0.05) is 18.2 Å². The molecule has 104 valence electrons. The summed E-state index contributed by atoms with van der Waals surface area (Å²) in [5.74, 6) is 0.770. The summed E-state index contributed by atoms with van der Waals surface area (Å²) in [7, 11) is 0. The van der Waals surface area contributed by atoms with Crippen molar-refractivity contribution in [3.63, 3.8) is 0 Å². The molecule has 1 aliphatic rings. The third-order valence-corrected chi connectivity index (χ3v) is 4.22. The average Bonchev–Trinajstić information content (AvgIpc) is 2.75. The van der Waals surface area contributed by atoms with Gasteiger partial charge in [-0.3, -0.25) is 4.79 Å². The molecule has 1 aromatic rings. The lowest BCUT2D eigenvalue weighted by molar-refractivity contribution is -0.138. The number of amides is 1. The van der Waals surface area contributed by atoms with Gasteiger partial charge in [0.25, 0.3) is 0 Å². The predicted octanol–water partition coefficient (Wildman–Crippen LogP) is 3.17. The molecule has 19 heavy (non-hydrogen) atoms. The standard InChI is InChI=1S/C13H14F3NOS/c1-9-17(5-6-19-9)12(18)8-10-3-2-4-11(7-10)13(14,15)16/h2-4,7,9H,5-6,8H2,1H3. The molecule has 0 bridgehead atoms. The molecular weight excluding hydrogens is 275 g/mol. The van der Waals surface area contributed by atoms with Gasteiger partial charge in [0.1, 0.15) is 0 Å². The van der Waals surface area contributed by atoms with Crippen LogP contribution >= 0.6 is 11.8 Å². The zero-order chi connectivity index (χ0) is 14.0. The number of nitrogens with zero attached hydrogens (tertiary/aromatic N) is 1. The van der Waals surface area contributed by atoms with Crippen LogP contribution < -0.4 is 0 Å². The molecule has 0 radical (unpaired) electrons. The number of alkyl halides is 3. The second-order valence-electron chi connectivity index (χ2n) is 4.43. The van der Waals surface area contributed by atoms with Crippen LogP contribution in [0.15, 0.2) is 24.3 Å². The van der Waals surface area contributed by atoms with Crippen LogP contribution in [0.25, 0.3) is 0 Å². The van der Waals surface area contributed by atoms with Crippen LogP contribution in [0.2, 0.25) is 0 Å². The molecule has 2 nitrogen and oxygen atoms in total.